The number of allylic oxidation sites excluding steroid dienone is 14. The number of unbranched alkanes of at least 4 members (excludes halogenated alkanes) is 25. The van der Waals surface area contributed by atoms with Gasteiger partial charge < -0.3 is 14.2 Å². The normalized spacial score (nSPS) is 12.7. The second-order valence-corrected chi connectivity index (χ2v) is 18.5. The molecule has 0 heterocycles. The summed E-state index contributed by atoms with van der Waals surface area (Å²) in [4.78, 5) is 38.1. The number of rotatable bonds is 50. The lowest BCUT2D eigenvalue weighted by Gasteiger charge is -2.18. The summed E-state index contributed by atoms with van der Waals surface area (Å²) in [6.45, 7) is 6.42. The van der Waals surface area contributed by atoms with E-state index in [1.54, 1.807) is 0 Å². The lowest BCUT2D eigenvalue weighted by Crippen LogP contribution is -2.30. The molecule has 0 bridgehead atoms. The first-order valence-electron chi connectivity index (χ1n) is 28.1. The summed E-state index contributed by atoms with van der Waals surface area (Å²) < 4.78 is 16.8. The zero-order valence-corrected chi connectivity index (χ0v) is 43.9. The van der Waals surface area contributed by atoms with Crippen molar-refractivity contribution in [3.63, 3.8) is 0 Å². The van der Waals surface area contributed by atoms with Crippen LogP contribution in [0, 0.1) is 0 Å². The summed E-state index contributed by atoms with van der Waals surface area (Å²) in [7, 11) is 0. The van der Waals surface area contributed by atoms with Crippen LogP contribution >= 0.6 is 0 Å². The highest BCUT2D eigenvalue weighted by atomic mass is 16.6. The summed E-state index contributed by atoms with van der Waals surface area (Å²) in [5.41, 5.74) is 0. The molecule has 384 valence electrons. The van der Waals surface area contributed by atoms with Crippen LogP contribution in [-0.2, 0) is 28.6 Å². The summed E-state index contributed by atoms with van der Waals surface area (Å²) in [6.07, 6.45) is 71.5. The highest BCUT2D eigenvalue weighted by Crippen LogP contribution is 2.16. The van der Waals surface area contributed by atoms with E-state index < -0.39 is 6.10 Å². The van der Waals surface area contributed by atoms with Gasteiger partial charge >= 0.3 is 17.9 Å². The van der Waals surface area contributed by atoms with Gasteiger partial charge in [-0.15, -0.1) is 0 Å². The van der Waals surface area contributed by atoms with E-state index in [1.807, 2.05) is 0 Å². The van der Waals surface area contributed by atoms with Crippen LogP contribution in [0.2, 0.25) is 0 Å². The fourth-order valence-electron chi connectivity index (χ4n) is 7.69. The minimum Gasteiger partial charge on any atom is -0.462 e. The highest BCUT2D eigenvalue weighted by Gasteiger charge is 2.19. The Morgan fingerprint density at radius 1 is 0.313 bits per heavy atom. The molecule has 0 aliphatic carbocycles. The molecule has 0 aliphatic rings. The maximum absolute atomic E-state index is 12.8. The van der Waals surface area contributed by atoms with E-state index in [9.17, 15) is 14.4 Å². The van der Waals surface area contributed by atoms with Crippen molar-refractivity contribution in [3.8, 4) is 0 Å². The first-order valence-corrected chi connectivity index (χ1v) is 28.1. The predicted octanol–water partition coefficient (Wildman–Crippen LogP) is 18.8. The molecule has 0 amide bonds. The molecule has 0 saturated carbocycles. The average molecular weight is 933 g/mol. The number of carbonyl (C=O) groups is 3. The molecule has 0 rings (SSSR count). The molecule has 6 heteroatoms. The average Bonchev–Trinajstić information content (AvgIpc) is 3.33. The van der Waals surface area contributed by atoms with E-state index in [-0.39, 0.29) is 37.5 Å². The molecular weight excluding hydrogens is 829 g/mol. The molecule has 0 aromatic rings. The van der Waals surface area contributed by atoms with E-state index in [1.165, 1.54) is 109 Å². The molecule has 0 aliphatic heterocycles. The predicted molar refractivity (Wildman–Crippen MR) is 288 cm³/mol. The summed E-state index contributed by atoms with van der Waals surface area (Å²) in [5.74, 6) is -0.970. The van der Waals surface area contributed by atoms with Crippen LogP contribution in [0.4, 0.5) is 0 Å². The second-order valence-electron chi connectivity index (χ2n) is 18.5. The van der Waals surface area contributed by atoms with Crippen molar-refractivity contribution in [2.75, 3.05) is 13.2 Å². The number of esters is 3. The molecule has 1 atom stereocenters. The molecule has 0 aromatic heterocycles. The lowest BCUT2D eigenvalue weighted by atomic mass is 10.0. The van der Waals surface area contributed by atoms with E-state index in [4.69, 9.17) is 14.2 Å². The standard InChI is InChI=1S/C61H104O6/c1-4-7-10-13-16-19-22-25-27-29-30-32-33-36-39-42-45-48-51-54-60(63)66-57-58(56-65-59(62)53-50-47-44-41-38-35-24-21-18-15-12-9-6-3)67-61(64)55-52-49-46-43-40-37-34-31-28-26-23-20-17-14-11-8-5-2/h8,11-12,15,17,20-21,24,26,28,34,37,43,46,58H,4-7,9-10,13-14,16,18-19,22-23,25,27,29-33,35-36,38-42,44-45,47-57H2,1-3H3/b11-8-,15-12-,20-17-,24-21-,28-26-,37-34-,46-43-. The third kappa shape index (κ3) is 53.4. The Kier molecular flexibility index (Phi) is 52.4. The number of ether oxygens (including phenoxy) is 3. The number of carbonyl (C=O) groups excluding carboxylic acids is 3. The first-order chi connectivity index (χ1) is 33.0. The maximum atomic E-state index is 12.8. The van der Waals surface area contributed by atoms with E-state index >= 15 is 0 Å². The first kappa shape index (κ1) is 63.6. The lowest BCUT2D eigenvalue weighted by molar-refractivity contribution is -0.167. The molecule has 0 aromatic carbocycles. The Bertz CT molecular complexity index is 1300. The third-order valence-electron chi connectivity index (χ3n) is 11.9. The van der Waals surface area contributed by atoms with Crippen molar-refractivity contribution in [2.24, 2.45) is 0 Å². The van der Waals surface area contributed by atoms with Gasteiger partial charge in [-0.05, 0) is 83.5 Å². The third-order valence-corrected chi connectivity index (χ3v) is 11.9. The topological polar surface area (TPSA) is 78.9 Å². The van der Waals surface area contributed by atoms with Gasteiger partial charge in [0.2, 0.25) is 0 Å². The molecule has 0 saturated heterocycles. The zero-order valence-electron chi connectivity index (χ0n) is 43.9. The van der Waals surface area contributed by atoms with Crippen LogP contribution in [0.15, 0.2) is 85.1 Å². The Morgan fingerprint density at radius 3 is 1.01 bits per heavy atom. The van der Waals surface area contributed by atoms with Crippen molar-refractivity contribution in [1.82, 2.24) is 0 Å². The number of hydrogen-bond donors (Lipinski definition) is 0. The van der Waals surface area contributed by atoms with Crippen LogP contribution in [0.3, 0.4) is 0 Å². The Hall–Kier alpha value is -3.41. The molecule has 0 N–H and O–H groups in total. The SMILES string of the molecule is CC/C=C\C/C=C\C/C=C\C/C=C\C/C=C\CCCC(=O)OC(COC(=O)CCCCCCC/C=C\C/C=C\CCC)COC(=O)CCCCCCCCCCCCCCCCCCCCC. The van der Waals surface area contributed by atoms with Crippen LogP contribution in [-0.4, -0.2) is 37.2 Å². The van der Waals surface area contributed by atoms with E-state index in [2.05, 4.69) is 106 Å². The van der Waals surface area contributed by atoms with Crippen LogP contribution in [0.25, 0.3) is 0 Å². The van der Waals surface area contributed by atoms with Gasteiger partial charge in [0.25, 0.3) is 0 Å². The zero-order chi connectivity index (χ0) is 48.6. The minimum absolute atomic E-state index is 0.102. The quantitative estimate of drug-likeness (QED) is 0.0262. The Balaban J connectivity index is 4.44. The van der Waals surface area contributed by atoms with E-state index in [0.29, 0.717) is 19.3 Å². The molecule has 0 radical (unpaired) electrons. The van der Waals surface area contributed by atoms with Gasteiger partial charge in [-0.2, -0.15) is 0 Å². The monoisotopic (exact) mass is 933 g/mol. The number of hydrogen-bond acceptors (Lipinski definition) is 6. The molecule has 6 nitrogen and oxygen atoms in total. The molecule has 1 unspecified atom stereocenters. The van der Waals surface area contributed by atoms with Crippen molar-refractivity contribution in [3.05, 3.63) is 85.1 Å². The van der Waals surface area contributed by atoms with Crippen molar-refractivity contribution in [1.29, 1.82) is 0 Å². The minimum atomic E-state index is -0.811. The molecule has 0 spiro atoms. The van der Waals surface area contributed by atoms with Crippen molar-refractivity contribution < 1.29 is 28.6 Å². The van der Waals surface area contributed by atoms with Gasteiger partial charge in [0, 0.05) is 19.3 Å². The van der Waals surface area contributed by atoms with Gasteiger partial charge in [-0.3, -0.25) is 14.4 Å². The summed E-state index contributed by atoms with van der Waals surface area (Å²) in [6, 6.07) is 0. The Labute approximate surface area is 414 Å². The van der Waals surface area contributed by atoms with Crippen LogP contribution in [0.5, 0.6) is 0 Å². The summed E-state index contributed by atoms with van der Waals surface area (Å²) in [5, 5.41) is 0. The van der Waals surface area contributed by atoms with Gasteiger partial charge in [0.05, 0.1) is 0 Å². The smallest absolute Gasteiger partial charge is 0.306 e. The molecule has 67 heavy (non-hydrogen) atoms. The van der Waals surface area contributed by atoms with E-state index in [0.717, 1.165) is 109 Å². The van der Waals surface area contributed by atoms with Crippen molar-refractivity contribution in [2.45, 2.75) is 271 Å². The molecule has 0 fully saturated rings. The van der Waals surface area contributed by atoms with Gasteiger partial charge in [0.15, 0.2) is 6.10 Å². The van der Waals surface area contributed by atoms with Gasteiger partial charge in [0.1, 0.15) is 13.2 Å². The fraction of sp³-hybridized carbons (Fsp3) is 0.721. The van der Waals surface area contributed by atoms with Crippen LogP contribution in [0.1, 0.15) is 265 Å². The van der Waals surface area contributed by atoms with Gasteiger partial charge in [-0.1, -0.05) is 247 Å². The largest absolute Gasteiger partial charge is 0.462 e. The second kappa shape index (κ2) is 55.2. The van der Waals surface area contributed by atoms with Crippen LogP contribution < -0.4 is 0 Å². The maximum Gasteiger partial charge on any atom is 0.306 e. The summed E-state index contributed by atoms with van der Waals surface area (Å²) >= 11 is 0. The Morgan fingerprint density at radius 2 is 0.627 bits per heavy atom. The van der Waals surface area contributed by atoms with Crippen molar-refractivity contribution >= 4 is 17.9 Å². The highest BCUT2D eigenvalue weighted by molar-refractivity contribution is 5.71. The van der Waals surface area contributed by atoms with Gasteiger partial charge in [-0.25, -0.2) is 0 Å². The molecular formula is C61H104O6. The fourth-order valence-corrected chi connectivity index (χ4v) is 7.69.